The van der Waals surface area contributed by atoms with Crippen LogP contribution in [0.2, 0.25) is 0 Å². The van der Waals surface area contributed by atoms with Crippen molar-refractivity contribution in [2.24, 2.45) is 5.92 Å². The Morgan fingerprint density at radius 2 is 1.63 bits per heavy atom. The lowest BCUT2D eigenvalue weighted by Gasteiger charge is -2.27. The zero-order valence-corrected chi connectivity index (χ0v) is 15.6. The summed E-state index contributed by atoms with van der Waals surface area (Å²) >= 11 is 0. The van der Waals surface area contributed by atoms with Gasteiger partial charge in [0.1, 0.15) is 6.61 Å². The molecule has 2 aliphatic carbocycles. The predicted octanol–water partition coefficient (Wildman–Crippen LogP) is 4.47. The van der Waals surface area contributed by atoms with Crippen molar-refractivity contribution >= 4 is 6.09 Å². The number of carbonyl (C=O) groups excluding carboxylic acids is 1. The van der Waals surface area contributed by atoms with Crippen LogP contribution in [0.1, 0.15) is 49.1 Å². The Kier molecular flexibility index (Phi) is 5.44. The van der Waals surface area contributed by atoms with E-state index in [0.717, 1.165) is 25.7 Å². The minimum Gasteiger partial charge on any atom is -0.449 e. The molecular weight excluding hydrogens is 338 g/mol. The van der Waals surface area contributed by atoms with Gasteiger partial charge in [-0.25, -0.2) is 4.79 Å². The first-order valence-corrected chi connectivity index (χ1v) is 10.0. The molecule has 0 bridgehead atoms. The van der Waals surface area contributed by atoms with E-state index in [1.807, 2.05) is 24.3 Å². The van der Waals surface area contributed by atoms with E-state index in [1.165, 1.54) is 28.7 Å². The molecule has 0 spiro atoms. The van der Waals surface area contributed by atoms with Crippen molar-refractivity contribution in [3.05, 3.63) is 59.7 Å². The molecule has 0 unspecified atom stereocenters. The number of benzene rings is 2. The van der Waals surface area contributed by atoms with Crippen molar-refractivity contribution in [1.29, 1.82) is 0 Å². The van der Waals surface area contributed by atoms with Crippen LogP contribution in [-0.2, 0) is 4.74 Å². The highest BCUT2D eigenvalue weighted by atomic mass is 16.5. The molecule has 4 heteroatoms. The average Bonchev–Trinajstić information content (AvgIpc) is 3.02. The van der Waals surface area contributed by atoms with Crippen molar-refractivity contribution in [2.75, 3.05) is 13.2 Å². The summed E-state index contributed by atoms with van der Waals surface area (Å²) in [5, 5.41) is 12.9. The fourth-order valence-corrected chi connectivity index (χ4v) is 4.53. The van der Waals surface area contributed by atoms with Crippen LogP contribution in [0.15, 0.2) is 48.5 Å². The molecule has 27 heavy (non-hydrogen) atoms. The van der Waals surface area contributed by atoms with Gasteiger partial charge < -0.3 is 15.2 Å². The lowest BCUT2D eigenvalue weighted by molar-refractivity contribution is 0.0647. The largest absolute Gasteiger partial charge is 0.449 e. The van der Waals surface area contributed by atoms with Crippen LogP contribution < -0.4 is 5.32 Å². The lowest BCUT2D eigenvalue weighted by atomic mass is 9.84. The third-order valence-electron chi connectivity index (χ3n) is 6.00. The Morgan fingerprint density at radius 3 is 2.30 bits per heavy atom. The zero-order valence-electron chi connectivity index (χ0n) is 15.6. The molecule has 4 nitrogen and oxygen atoms in total. The summed E-state index contributed by atoms with van der Waals surface area (Å²) < 4.78 is 5.54. The van der Waals surface area contributed by atoms with Gasteiger partial charge in [-0.05, 0) is 47.4 Å². The Bertz CT molecular complexity index is 758. The van der Waals surface area contributed by atoms with Crippen LogP contribution in [0.3, 0.4) is 0 Å². The summed E-state index contributed by atoms with van der Waals surface area (Å²) in [5.74, 6) is 0.385. The molecule has 2 N–H and O–H groups in total. The Hall–Kier alpha value is -2.33. The van der Waals surface area contributed by atoms with Gasteiger partial charge in [0, 0.05) is 12.5 Å². The number of alkyl carbamates (subject to hydrolysis) is 1. The Morgan fingerprint density at radius 1 is 1.00 bits per heavy atom. The molecule has 0 aromatic heterocycles. The van der Waals surface area contributed by atoms with Crippen molar-refractivity contribution < 1.29 is 14.6 Å². The minimum atomic E-state index is -0.373. The molecule has 1 fully saturated rings. The summed E-state index contributed by atoms with van der Waals surface area (Å²) in [6.45, 7) is 0.893. The number of carbonyl (C=O) groups is 1. The number of nitrogens with one attached hydrogen (secondary N) is 1. The normalized spacial score (nSPS) is 21.4. The number of hydrogen-bond acceptors (Lipinski definition) is 3. The van der Waals surface area contributed by atoms with E-state index in [-0.39, 0.29) is 18.1 Å². The van der Waals surface area contributed by atoms with Gasteiger partial charge in [-0.1, -0.05) is 61.4 Å². The van der Waals surface area contributed by atoms with E-state index >= 15 is 0 Å². The van der Waals surface area contributed by atoms with Crippen LogP contribution in [0.25, 0.3) is 11.1 Å². The molecule has 2 aromatic rings. The highest BCUT2D eigenvalue weighted by molar-refractivity contribution is 5.79. The number of ether oxygens (including phenoxy) is 1. The maximum Gasteiger partial charge on any atom is 0.407 e. The molecular formula is C23H27NO3. The third-order valence-corrected chi connectivity index (χ3v) is 6.00. The first-order chi connectivity index (χ1) is 13.2. The first-order valence-electron chi connectivity index (χ1n) is 10.0. The molecule has 142 valence electrons. The van der Waals surface area contributed by atoms with E-state index in [9.17, 15) is 9.90 Å². The molecule has 1 amide bonds. The fourth-order valence-electron chi connectivity index (χ4n) is 4.53. The average molecular weight is 365 g/mol. The smallest absolute Gasteiger partial charge is 0.407 e. The molecule has 0 heterocycles. The number of amides is 1. The second-order valence-corrected chi connectivity index (χ2v) is 7.65. The maximum atomic E-state index is 12.2. The van der Waals surface area contributed by atoms with Crippen molar-refractivity contribution in [3.8, 4) is 11.1 Å². The van der Waals surface area contributed by atoms with Gasteiger partial charge in [0.25, 0.3) is 0 Å². The third kappa shape index (κ3) is 3.86. The highest BCUT2D eigenvalue weighted by Crippen LogP contribution is 2.44. The summed E-state index contributed by atoms with van der Waals surface area (Å²) in [4.78, 5) is 12.2. The van der Waals surface area contributed by atoms with Crippen LogP contribution in [-0.4, -0.2) is 30.5 Å². The maximum absolute atomic E-state index is 12.2. The van der Waals surface area contributed by atoms with Crippen molar-refractivity contribution in [3.63, 3.8) is 0 Å². The number of hydrogen-bond donors (Lipinski definition) is 2. The molecule has 2 aliphatic rings. The molecule has 0 saturated heterocycles. The summed E-state index contributed by atoms with van der Waals surface area (Å²) in [5.41, 5.74) is 4.90. The van der Waals surface area contributed by atoms with Crippen LogP contribution >= 0.6 is 0 Å². The molecule has 2 atom stereocenters. The SMILES string of the molecule is O=C(NCC[C@H]1CCCC[C@H]1O)OCC1c2ccccc2-c2ccccc21. The lowest BCUT2D eigenvalue weighted by Crippen LogP contribution is -2.31. The number of aliphatic hydroxyl groups excluding tert-OH is 1. The van der Waals surface area contributed by atoms with E-state index in [2.05, 4.69) is 29.6 Å². The molecule has 1 saturated carbocycles. The standard InChI is InChI=1S/C23H27NO3/c25-22-12-6-1-7-16(22)13-14-24-23(26)27-15-21-19-10-4-2-8-17(19)18-9-3-5-11-20(18)21/h2-5,8-11,16,21-22,25H,1,6-7,12-15H2,(H,24,26)/t16-,22-/m1/s1. The summed E-state index contributed by atoms with van der Waals surface area (Å²) in [7, 11) is 0. The van der Waals surface area contributed by atoms with Crippen molar-refractivity contribution in [2.45, 2.75) is 44.1 Å². The Labute approximate surface area is 160 Å². The van der Waals surface area contributed by atoms with Gasteiger partial charge in [-0.2, -0.15) is 0 Å². The highest BCUT2D eigenvalue weighted by Gasteiger charge is 2.29. The van der Waals surface area contributed by atoms with Gasteiger partial charge in [-0.15, -0.1) is 0 Å². The van der Waals surface area contributed by atoms with Gasteiger partial charge >= 0.3 is 6.09 Å². The first kappa shape index (κ1) is 18.1. The topological polar surface area (TPSA) is 58.6 Å². The number of rotatable bonds is 5. The van der Waals surface area contributed by atoms with Gasteiger partial charge in [0.15, 0.2) is 0 Å². The quantitative estimate of drug-likeness (QED) is 0.822. The fraction of sp³-hybridized carbons (Fsp3) is 0.435. The number of aliphatic hydroxyl groups is 1. The second-order valence-electron chi connectivity index (χ2n) is 7.65. The number of fused-ring (bicyclic) bond motifs is 3. The van der Waals surface area contributed by atoms with Gasteiger partial charge in [-0.3, -0.25) is 0 Å². The molecule has 0 aliphatic heterocycles. The molecule has 0 radical (unpaired) electrons. The van der Waals surface area contributed by atoms with Crippen LogP contribution in [0.4, 0.5) is 4.79 Å². The van der Waals surface area contributed by atoms with Gasteiger partial charge in [0.2, 0.25) is 0 Å². The Balaban J connectivity index is 1.31. The van der Waals surface area contributed by atoms with Crippen LogP contribution in [0.5, 0.6) is 0 Å². The van der Waals surface area contributed by atoms with Gasteiger partial charge in [0.05, 0.1) is 6.10 Å². The molecule has 4 rings (SSSR count). The van der Waals surface area contributed by atoms with E-state index in [4.69, 9.17) is 4.74 Å². The van der Waals surface area contributed by atoms with Crippen molar-refractivity contribution in [1.82, 2.24) is 5.32 Å². The zero-order chi connectivity index (χ0) is 18.6. The summed E-state index contributed by atoms with van der Waals surface area (Å²) in [6.07, 6.45) is 4.43. The van der Waals surface area contributed by atoms with E-state index in [1.54, 1.807) is 0 Å². The molecule has 2 aromatic carbocycles. The van der Waals surface area contributed by atoms with E-state index in [0.29, 0.717) is 19.1 Å². The predicted molar refractivity (Wildman–Crippen MR) is 106 cm³/mol. The monoisotopic (exact) mass is 365 g/mol. The second kappa shape index (κ2) is 8.13. The minimum absolute atomic E-state index is 0.0864. The van der Waals surface area contributed by atoms with Crippen LogP contribution in [0, 0.1) is 5.92 Å². The summed E-state index contributed by atoms with van der Waals surface area (Å²) in [6, 6.07) is 16.7. The van der Waals surface area contributed by atoms with E-state index < -0.39 is 0 Å².